The molecule has 1 rings (SSSR count). The summed E-state index contributed by atoms with van der Waals surface area (Å²) in [6.07, 6.45) is 2.48. The largest absolute Gasteiger partial charge is 0.479 e. The van der Waals surface area contributed by atoms with Gasteiger partial charge in [0.2, 0.25) is 0 Å². The summed E-state index contributed by atoms with van der Waals surface area (Å²) < 4.78 is 16.2. The van der Waals surface area contributed by atoms with Crippen LogP contribution >= 0.6 is 0 Å². The van der Waals surface area contributed by atoms with Gasteiger partial charge < -0.3 is 13.9 Å². The van der Waals surface area contributed by atoms with E-state index < -0.39 is 0 Å². The molecule has 0 atom stereocenters. The molecule has 0 amide bonds. The first-order valence-electron chi connectivity index (χ1n) is 4.69. The minimum absolute atomic E-state index is 0.231. The minimum atomic E-state index is -0.231. The molecule has 0 aromatic heterocycles. The van der Waals surface area contributed by atoms with Crippen LogP contribution in [0.1, 0.15) is 27.7 Å². The highest BCUT2D eigenvalue weighted by atomic mass is 16.6. The Bertz CT molecular complexity index is 264. The standard InChI is InChI=1S/C11H18O3/c1-8-6-9(2)14-10(13-8)11(3,4)7-12-5/h6H,7H2,1-5H3. The number of hydrogen-bond donors (Lipinski definition) is 0. The molecule has 0 aromatic carbocycles. The van der Waals surface area contributed by atoms with E-state index in [-0.39, 0.29) is 5.41 Å². The first-order chi connectivity index (χ1) is 6.45. The topological polar surface area (TPSA) is 29.8 Å². The third-order valence-electron chi connectivity index (χ3n) is 1.97. The molecule has 0 saturated carbocycles. The molecule has 3 nitrogen and oxygen atoms in total. The van der Waals surface area contributed by atoms with Crippen LogP contribution in [-0.4, -0.2) is 19.5 Å². The van der Waals surface area contributed by atoms with Crippen molar-refractivity contribution in [3.63, 3.8) is 0 Å². The van der Waals surface area contributed by atoms with Crippen molar-refractivity contribution in [1.82, 2.24) is 0 Å². The van der Waals surface area contributed by atoms with Crippen LogP contribution in [0.3, 0.4) is 0 Å². The van der Waals surface area contributed by atoms with Crippen LogP contribution < -0.4 is 0 Å². The van der Waals surface area contributed by atoms with Gasteiger partial charge in [-0.1, -0.05) is 13.8 Å². The second kappa shape index (κ2) is 4.05. The Hall–Kier alpha value is -0.960. The van der Waals surface area contributed by atoms with Crippen LogP contribution in [0.5, 0.6) is 0 Å². The summed E-state index contributed by atoms with van der Waals surface area (Å²) in [5.41, 5.74) is -0.231. The van der Waals surface area contributed by atoms with Crippen molar-refractivity contribution in [3.8, 4) is 0 Å². The first-order valence-corrected chi connectivity index (χ1v) is 4.69. The maximum Gasteiger partial charge on any atom is 0.352 e. The summed E-state index contributed by atoms with van der Waals surface area (Å²) in [5.74, 6) is 1.71. The lowest BCUT2D eigenvalue weighted by molar-refractivity contribution is -0.511. The summed E-state index contributed by atoms with van der Waals surface area (Å²) >= 11 is 0. The van der Waals surface area contributed by atoms with E-state index in [1.165, 1.54) is 0 Å². The summed E-state index contributed by atoms with van der Waals surface area (Å²) in [4.78, 5) is 0. The van der Waals surface area contributed by atoms with Crippen LogP contribution in [0.15, 0.2) is 11.8 Å². The molecule has 1 aliphatic rings. The van der Waals surface area contributed by atoms with Crippen LogP contribution in [0.25, 0.3) is 0 Å². The average Bonchev–Trinajstić information content (AvgIpc) is 2.02. The summed E-state index contributed by atoms with van der Waals surface area (Å²) in [7, 11) is 1.67. The number of hydrogen-bond acceptors (Lipinski definition) is 2. The molecule has 0 spiro atoms. The molecule has 1 heterocycles. The lowest BCUT2D eigenvalue weighted by Gasteiger charge is -2.30. The molecule has 0 aliphatic carbocycles. The maximum atomic E-state index is 5.53. The smallest absolute Gasteiger partial charge is 0.352 e. The Morgan fingerprint density at radius 2 is 2.14 bits per heavy atom. The molecule has 0 saturated heterocycles. The normalized spacial score (nSPS) is 17.4. The van der Waals surface area contributed by atoms with Crippen LogP contribution in [-0.2, 0) is 13.9 Å². The van der Waals surface area contributed by atoms with Gasteiger partial charge in [-0.25, -0.2) is 0 Å². The van der Waals surface area contributed by atoms with Crippen LogP contribution in [0.4, 0.5) is 0 Å². The number of ketones is 1. The molecular formula is C11H18O3. The van der Waals surface area contributed by atoms with Gasteiger partial charge in [0.1, 0.15) is 0 Å². The van der Waals surface area contributed by atoms with E-state index in [1.54, 1.807) is 7.11 Å². The number of ether oxygens (including phenoxy) is 2. The van der Waals surface area contributed by atoms with Crippen molar-refractivity contribution in [2.45, 2.75) is 27.7 Å². The number of methoxy groups -OCH3 is 1. The molecule has 14 heavy (non-hydrogen) atoms. The maximum absolute atomic E-state index is 5.53. The number of allylic oxidation sites excluding steroid dienone is 2. The Balaban J connectivity index is 2.76. The molecule has 0 N–H and O–H groups in total. The van der Waals surface area contributed by atoms with Gasteiger partial charge in [0.25, 0.3) is 0 Å². The molecule has 0 unspecified atom stereocenters. The fourth-order valence-electron chi connectivity index (χ4n) is 1.35. The third-order valence-corrected chi connectivity index (χ3v) is 1.97. The zero-order chi connectivity index (χ0) is 10.8. The zero-order valence-electron chi connectivity index (χ0n) is 9.51. The van der Waals surface area contributed by atoms with Gasteiger partial charge in [-0.15, -0.1) is 0 Å². The van der Waals surface area contributed by atoms with Crippen molar-refractivity contribution in [3.05, 3.63) is 18.1 Å². The van der Waals surface area contributed by atoms with Gasteiger partial charge >= 0.3 is 6.29 Å². The van der Waals surface area contributed by atoms with Crippen molar-refractivity contribution in [1.29, 1.82) is 0 Å². The molecule has 0 aromatic rings. The average molecular weight is 198 g/mol. The Labute approximate surface area is 85.4 Å². The van der Waals surface area contributed by atoms with Gasteiger partial charge in [-0.3, -0.25) is 0 Å². The van der Waals surface area contributed by atoms with Gasteiger partial charge in [-0.05, 0) is 19.9 Å². The summed E-state index contributed by atoms with van der Waals surface area (Å²) in [6.45, 7) is 8.45. The fraction of sp³-hybridized carbons (Fsp3) is 0.636. The second-order valence-corrected chi connectivity index (χ2v) is 4.17. The highest BCUT2D eigenvalue weighted by molar-refractivity contribution is 5.88. The summed E-state index contributed by atoms with van der Waals surface area (Å²) in [5, 5.41) is 0. The Morgan fingerprint density at radius 1 is 1.50 bits per heavy atom. The zero-order valence-corrected chi connectivity index (χ0v) is 9.51. The van der Waals surface area contributed by atoms with Crippen molar-refractivity contribution < 1.29 is 13.9 Å². The molecule has 3 heteroatoms. The van der Waals surface area contributed by atoms with E-state index in [9.17, 15) is 0 Å². The monoisotopic (exact) mass is 198 g/mol. The minimum Gasteiger partial charge on any atom is -0.479 e. The Morgan fingerprint density at radius 3 is 2.64 bits per heavy atom. The van der Waals surface area contributed by atoms with E-state index in [0.717, 1.165) is 11.5 Å². The van der Waals surface area contributed by atoms with Crippen molar-refractivity contribution >= 4 is 5.78 Å². The predicted octanol–water partition coefficient (Wildman–Crippen LogP) is 2.21. The molecule has 1 aliphatic heterocycles. The SMILES string of the molecule is COCC(C)(C)[C-]1OC(C)=CC(C)=[O+]1. The van der Waals surface area contributed by atoms with Gasteiger partial charge in [0.05, 0.1) is 17.8 Å². The fourth-order valence-corrected chi connectivity index (χ4v) is 1.35. The van der Waals surface area contributed by atoms with Gasteiger partial charge in [-0.2, -0.15) is 0 Å². The van der Waals surface area contributed by atoms with Crippen LogP contribution in [0, 0.1) is 11.7 Å². The van der Waals surface area contributed by atoms with Gasteiger partial charge in [0.15, 0.2) is 5.78 Å². The molecule has 80 valence electrons. The molecule has 0 radical (unpaired) electrons. The number of rotatable bonds is 3. The lowest BCUT2D eigenvalue weighted by Crippen LogP contribution is -2.31. The Kier molecular flexibility index (Phi) is 3.21. The third kappa shape index (κ3) is 2.51. The molecule has 0 bridgehead atoms. The summed E-state index contributed by atoms with van der Waals surface area (Å²) in [6, 6.07) is 0. The van der Waals surface area contributed by atoms with E-state index in [0.29, 0.717) is 12.9 Å². The second-order valence-electron chi connectivity index (χ2n) is 4.17. The quantitative estimate of drug-likeness (QED) is 0.514. The van der Waals surface area contributed by atoms with E-state index >= 15 is 0 Å². The van der Waals surface area contributed by atoms with E-state index in [2.05, 4.69) is 0 Å². The highest BCUT2D eigenvalue weighted by Gasteiger charge is 2.36. The lowest BCUT2D eigenvalue weighted by atomic mass is 9.93. The van der Waals surface area contributed by atoms with Gasteiger partial charge in [0, 0.05) is 7.11 Å². The van der Waals surface area contributed by atoms with E-state index in [4.69, 9.17) is 13.9 Å². The van der Waals surface area contributed by atoms with Crippen molar-refractivity contribution in [2.24, 2.45) is 5.41 Å². The molecule has 0 fully saturated rings. The molecular weight excluding hydrogens is 180 g/mol. The van der Waals surface area contributed by atoms with Crippen molar-refractivity contribution in [2.75, 3.05) is 13.7 Å². The highest BCUT2D eigenvalue weighted by Crippen LogP contribution is 2.32. The predicted molar refractivity (Wildman–Crippen MR) is 54.4 cm³/mol. The van der Waals surface area contributed by atoms with Crippen LogP contribution in [0.2, 0.25) is 0 Å². The number of carbonyl (C=O) groups excluding carboxylic acids is 1. The first kappa shape index (κ1) is 11.1. The van der Waals surface area contributed by atoms with E-state index in [1.807, 2.05) is 33.8 Å².